The molecule has 118 valence electrons. The van der Waals surface area contributed by atoms with Crippen LogP contribution < -0.4 is 0 Å². The zero-order valence-corrected chi connectivity index (χ0v) is 13.0. The molecule has 0 saturated carbocycles. The van der Waals surface area contributed by atoms with Gasteiger partial charge in [0.15, 0.2) is 0 Å². The van der Waals surface area contributed by atoms with Gasteiger partial charge in [-0.3, -0.25) is 9.36 Å². The molecule has 0 spiro atoms. The fourth-order valence-corrected chi connectivity index (χ4v) is 3.08. The number of carbonyl (C=O) groups is 1. The first-order chi connectivity index (χ1) is 11.7. The van der Waals surface area contributed by atoms with Crippen LogP contribution in [0.25, 0.3) is 28.0 Å². The Morgan fingerprint density at radius 1 is 1.08 bits per heavy atom. The molecular weight excluding hydrogens is 300 g/mol. The largest absolute Gasteiger partial charge is 0.481 e. The van der Waals surface area contributed by atoms with Crippen molar-refractivity contribution in [1.82, 2.24) is 4.57 Å². The van der Waals surface area contributed by atoms with E-state index in [9.17, 15) is 9.90 Å². The maximum absolute atomic E-state index is 11.4. The van der Waals surface area contributed by atoms with Crippen LogP contribution in [0.2, 0.25) is 0 Å². The normalized spacial score (nSPS) is 17.0. The molecule has 2 aromatic carbocycles. The number of fused-ring (bicyclic) bond motifs is 1. The summed E-state index contributed by atoms with van der Waals surface area (Å²) in [4.78, 5) is 15.8. The summed E-state index contributed by atoms with van der Waals surface area (Å²) in [6, 6.07) is 20.3. The topological polar surface area (TPSA) is 54.6 Å². The lowest BCUT2D eigenvalue weighted by atomic mass is 10.0. The van der Waals surface area contributed by atoms with Crippen molar-refractivity contribution in [3.63, 3.8) is 0 Å². The Kier molecular flexibility index (Phi) is 3.50. The van der Waals surface area contributed by atoms with Crippen molar-refractivity contribution >= 4 is 28.9 Å². The van der Waals surface area contributed by atoms with Crippen molar-refractivity contribution in [2.75, 3.05) is 0 Å². The van der Waals surface area contributed by atoms with E-state index in [2.05, 4.69) is 17.1 Å². The van der Waals surface area contributed by atoms with Gasteiger partial charge >= 0.3 is 5.97 Å². The van der Waals surface area contributed by atoms with Crippen molar-refractivity contribution in [3.05, 3.63) is 66.7 Å². The Morgan fingerprint density at radius 3 is 2.62 bits per heavy atom. The van der Waals surface area contributed by atoms with Crippen LogP contribution in [0.4, 0.5) is 0 Å². The molecule has 0 bridgehead atoms. The van der Waals surface area contributed by atoms with Gasteiger partial charge in [-0.2, -0.15) is 0 Å². The maximum atomic E-state index is 11.4. The Hall–Kier alpha value is -3.14. The highest BCUT2D eigenvalue weighted by atomic mass is 16.4. The second-order valence-corrected chi connectivity index (χ2v) is 5.81. The fraction of sp³-hybridized carbons (Fsp3) is 0.100. The zero-order chi connectivity index (χ0) is 16.5. The third-order valence-electron chi connectivity index (χ3n) is 4.26. The average molecular weight is 316 g/mol. The lowest BCUT2D eigenvalue weighted by Gasteiger charge is -2.16. The quantitative estimate of drug-likeness (QED) is 0.784. The summed E-state index contributed by atoms with van der Waals surface area (Å²) in [7, 11) is 0. The molecule has 0 radical (unpaired) electrons. The molecule has 3 aromatic rings. The van der Waals surface area contributed by atoms with Crippen LogP contribution in [-0.2, 0) is 4.79 Å². The molecule has 1 unspecified atom stereocenters. The molecule has 0 fully saturated rings. The van der Waals surface area contributed by atoms with E-state index in [1.54, 1.807) is 12.3 Å². The second-order valence-electron chi connectivity index (χ2n) is 5.81. The number of aromatic nitrogens is 1. The molecule has 4 nitrogen and oxygen atoms in total. The second kappa shape index (κ2) is 5.81. The van der Waals surface area contributed by atoms with Gasteiger partial charge in [-0.05, 0) is 30.2 Å². The molecule has 1 aliphatic rings. The number of benzene rings is 2. The maximum Gasteiger partial charge on any atom is 0.310 e. The average Bonchev–Trinajstić information content (AvgIpc) is 3.02. The van der Waals surface area contributed by atoms with Crippen LogP contribution in [0.5, 0.6) is 0 Å². The van der Waals surface area contributed by atoms with Crippen LogP contribution in [0.1, 0.15) is 6.42 Å². The third-order valence-corrected chi connectivity index (χ3v) is 4.26. The molecule has 0 amide bonds. The van der Waals surface area contributed by atoms with Crippen molar-refractivity contribution in [2.45, 2.75) is 6.42 Å². The molecule has 24 heavy (non-hydrogen) atoms. The van der Waals surface area contributed by atoms with Gasteiger partial charge in [0.2, 0.25) is 0 Å². The van der Waals surface area contributed by atoms with Gasteiger partial charge in [0.05, 0.1) is 17.1 Å². The molecule has 1 atom stereocenters. The Morgan fingerprint density at radius 2 is 1.83 bits per heavy atom. The van der Waals surface area contributed by atoms with Crippen LogP contribution in [0.15, 0.2) is 71.7 Å². The molecule has 1 N–H and O–H groups in total. The number of aliphatic imine (C=N–C) groups is 1. The van der Waals surface area contributed by atoms with Crippen molar-refractivity contribution in [1.29, 1.82) is 0 Å². The SMILES string of the molecule is O=C(O)C1C=C(n2c(-c3ccccc3)cc3ccccc32)N=CC1. The van der Waals surface area contributed by atoms with Crippen molar-refractivity contribution < 1.29 is 9.90 Å². The molecule has 1 aromatic heterocycles. The number of para-hydroxylation sites is 1. The molecule has 2 heterocycles. The summed E-state index contributed by atoms with van der Waals surface area (Å²) in [5.74, 6) is -0.702. The fourth-order valence-electron chi connectivity index (χ4n) is 3.08. The number of nitrogens with zero attached hydrogens (tertiary/aromatic N) is 2. The zero-order valence-electron chi connectivity index (χ0n) is 13.0. The standard InChI is InChI=1S/C20H16N2O2/c23-20(24)16-10-11-21-19(13-16)22-17-9-5-4-8-15(17)12-18(22)14-6-2-1-3-7-14/h1-9,11-13,16H,10H2,(H,23,24). The Labute approximate surface area is 139 Å². The lowest BCUT2D eigenvalue weighted by Crippen LogP contribution is -2.16. The van der Waals surface area contributed by atoms with Gasteiger partial charge in [0, 0.05) is 11.6 Å². The van der Waals surface area contributed by atoms with Crippen molar-refractivity contribution in [3.8, 4) is 11.3 Å². The minimum Gasteiger partial charge on any atom is -0.481 e. The number of hydrogen-bond donors (Lipinski definition) is 1. The van der Waals surface area contributed by atoms with Gasteiger partial charge in [0.25, 0.3) is 0 Å². The first-order valence-electron chi connectivity index (χ1n) is 7.87. The number of rotatable bonds is 3. The summed E-state index contributed by atoms with van der Waals surface area (Å²) in [6.45, 7) is 0. The number of carboxylic acids is 1. The summed E-state index contributed by atoms with van der Waals surface area (Å²) < 4.78 is 2.04. The molecule has 1 aliphatic heterocycles. The van der Waals surface area contributed by atoms with E-state index in [1.807, 2.05) is 53.1 Å². The van der Waals surface area contributed by atoms with Gasteiger partial charge in [-0.15, -0.1) is 0 Å². The van der Waals surface area contributed by atoms with Crippen LogP contribution in [-0.4, -0.2) is 21.9 Å². The number of aliphatic carboxylic acids is 1. The Balaban J connectivity index is 1.97. The minimum atomic E-state index is -0.823. The van der Waals surface area contributed by atoms with Gasteiger partial charge < -0.3 is 5.11 Å². The molecule has 0 aliphatic carbocycles. The van der Waals surface area contributed by atoms with Crippen LogP contribution in [0.3, 0.4) is 0 Å². The van der Waals surface area contributed by atoms with Gasteiger partial charge in [0.1, 0.15) is 5.82 Å². The van der Waals surface area contributed by atoms with Crippen molar-refractivity contribution in [2.24, 2.45) is 10.9 Å². The summed E-state index contributed by atoms with van der Waals surface area (Å²) in [6.07, 6.45) is 3.86. The van der Waals surface area contributed by atoms with Crippen LogP contribution >= 0.6 is 0 Å². The van der Waals surface area contributed by atoms with E-state index in [0.717, 1.165) is 22.2 Å². The van der Waals surface area contributed by atoms with Gasteiger partial charge in [-0.1, -0.05) is 48.5 Å². The van der Waals surface area contributed by atoms with Gasteiger partial charge in [-0.25, -0.2) is 4.99 Å². The smallest absolute Gasteiger partial charge is 0.310 e. The number of carboxylic acid groups (broad SMARTS) is 1. The van der Waals surface area contributed by atoms with E-state index >= 15 is 0 Å². The summed E-state index contributed by atoms with van der Waals surface area (Å²) >= 11 is 0. The minimum absolute atomic E-state index is 0.429. The highest BCUT2D eigenvalue weighted by Crippen LogP contribution is 2.33. The lowest BCUT2D eigenvalue weighted by molar-refractivity contribution is -0.139. The first-order valence-corrected chi connectivity index (χ1v) is 7.87. The molecule has 0 saturated heterocycles. The first kappa shape index (κ1) is 14.5. The van der Waals surface area contributed by atoms with E-state index in [0.29, 0.717) is 12.2 Å². The predicted molar refractivity (Wildman–Crippen MR) is 95.9 cm³/mol. The van der Waals surface area contributed by atoms with E-state index in [4.69, 9.17) is 0 Å². The molecule has 4 heteroatoms. The summed E-state index contributed by atoms with van der Waals surface area (Å²) in [5, 5.41) is 10.4. The molecular formula is C20H16N2O2. The predicted octanol–water partition coefficient (Wildman–Crippen LogP) is 4.28. The highest BCUT2D eigenvalue weighted by Gasteiger charge is 2.21. The number of hydrogen-bond acceptors (Lipinski definition) is 2. The monoisotopic (exact) mass is 316 g/mol. The van der Waals surface area contributed by atoms with Crippen LogP contribution in [0, 0.1) is 5.92 Å². The van der Waals surface area contributed by atoms with E-state index in [1.165, 1.54) is 0 Å². The van der Waals surface area contributed by atoms with E-state index < -0.39 is 11.9 Å². The Bertz CT molecular complexity index is 968. The third kappa shape index (κ3) is 2.42. The highest BCUT2D eigenvalue weighted by molar-refractivity contribution is 5.92. The molecule has 4 rings (SSSR count). The summed E-state index contributed by atoms with van der Waals surface area (Å²) in [5.41, 5.74) is 3.10. The van der Waals surface area contributed by atoms with E-state index in [-0.39, 0.29) is 0 Å².